The van der Waals surface area contributed by atoms with E-state index in [0.29, 0.717) is 28.9 Å². The van der Waals surface area contributed by atoms with Crippen molar-refractivity contribution in [3.8, 4) is 5.75 Å². The van der Waals surface area contributed by atoms with E-state index in [1.807, 2.05) is 72.8 Å². The number of hydrogen-bond acceptors (Lipinski definition) is 6. The van der Waals surface area contributed by atoms with E-state index in [0.717, 1.165) is 22.9 Å². The molecule has 0 radical (unpaired) electrons. The zero-order valence-corrected chi connectivity index (χ0v) is 22.7. The number of carbonyl (C=O) groups excluding carboxylic acids is 3. The second-order valence-corrected chi connectivity index (χ2v) is 9.94. The molecule has 0 spiro atoms. The lowest BCUT2D eigenvalue weighted by atomic mass is 10.1. The van der Waals surface area contributed by atoms with Crippen LogP contribution in [-0.2, 0) is 16.2 Å². The minimum atomic E-state index is -0.640. The summed E-state index contributed by atoms with van der Waals surface area (Å²) in [5.74, 6) is -0.696. The molecule has 0 aliphatic carbocycles. The van der Waals surface area contributed by atoms with Crippen molar-refractivity contribution in [3.63, 3.8) is 0 Å². The van der Waals surface area contributed by atoms with E-state index in [-0.39, 0.29) is 28.8 Å². The average Bonchev–Trinajstić information content (AvgIpc) is 3.30. The molecule has 204 valence electrons. The molecular formula is C32H26N4O4S. The molecule has 1 heterocycles. The van der Waals surface area contributed by atoms with Crippen molar-refractivity contribution in [2.75, 3.05) is 16.0 Å². The number of nitrogens with two attached hydrogens (primary N) is 1. The van der Waals surface area contributed by atoms with Gasteiger partial charge in [0.1, 0.15) is 18.1 Å². The maximum Gasteiger partial charge on any atom is 0.283 e. The average molecular weight is 563 g/mol. The van der Waals surface area contributed by atoms with Crippen molar-refractivity contribution in [1.82, 2.24) is 0 Å². The second-order valence-electron chi connectivity index (χ2n) is 8.99. The summed E-state index contributed by atoms with van der Waals surface area (Å²) in [7, 11) is 0. The Morgan fingerprint density at radius 1 is 0.902 bits per heavy atom. The number of amides is 3. The Kier molecular flexibility index (Phi) is 8.56. The Labute approximate surface area is 241 Å². The maximum absolute atomic E-state index is 13.5. The topological polar surface area (TPSA) is 114 Å². The molecule has 3 amide bonds. The number of benzene rings is 4. The Hall–Kier alpha value is -5.15. The molecule has 1 aliphatic rings. The molecule has 0 unspecified atom stereocenters. The SMILES string of the molecule is NC(=O)c1ccccc1NC(=O)CSC1=NC(=Cc2cccc(OCc3ccccc3)c2)C(=O)N1c1ccccc1. The van der Waals surface area contributed by atoms with Crippen LogP contribution in [0.4, 0.5) is 11.4 Å². The lowest BCUT2D eigenvalue weighted by Gasteiger charge is -2.17. The molecule has 0 atom stereocenters. The molecule has 1 aliphatic heterocycles. The Morgan fingerprint density at radius 3 is 2.37 bits per heavy atom. The van der Waals surface area contributed by atoms with Gasteiger partial charge < -0.3 is 15.8 Å². The van der Waals surface area contributed by atoms with Crippen LogP contribution in [0.5, 0.6) is 5.75 Å². The van der Waals surface area contributed by atoms with Crippen molar-refractivity contribution < 1.29 is 19.1 Å². The predicted molar refractivity (Wildman–Crippen MR) is 163 cm³/mol. The van der Waals surface area contributed by atoms with Gasteiger partial charge in [-0.1, -0.05) is 84.6 Å². The maximum atomic E-state index is 13.5. The zero-order valence-electron chi connectivity index (χ0n) is 21.9. The number of aliphatic imine (C=N–C) groups is 1. The van der Waals surface area contributed by atoms with E-state index in [1.165, 1.54) is 4.90 Å². The van der Waals surface area contributed by atoms with Crippen LogP contribution in [0.2, 0.25) is 0 Å². The number of ether oxygens (including phenoxy) is 1. The van der Waals surface area contributed by atoms with Gasteiger partial charge in [0.05, 0.1) is 22.7 Å². The number of anilines is 2. The molecule has 3 N–H and O–H groups in total. The highest BCUT2D eigenvalue weighted by molar-refractivity contribution is 8.14. The fourth-order valence-corrected chi connectivity index (χ4v) is 4.93. The quantitative estimate of drug-likeness (QED) is 0.262. The van der Waals surface area contributed by atoms with Crippen LogP contribution in [0, 0.1) is 0 Å². The van der Waals surface area contributed by atoms with E-state index in [1.54, 1.807) is 42.5 Å². The van der Waals surface area contributed by atoms with Crippen molar-refractivity contribution in [1.29, 1.82) is 0 Å². The number of hydrogen-bond donors (Lipinski definition) is 2. The first-order valence-electron chi connectivity index (χ1n) is 12.8. The number of carbonyl (C=O) groups is 3. The van der Waals surface area contributed by atoms with Crippen LogP contribution in [0.25, 0.3) is 6.08 Å². The molecule has 0 saturated carbocycles. The third kappa shape index (κ3) is 6.90. The van der Waals surface area contributed by atoms with Gasteiger partial charge in [-0.3, -0.25) is 19.3 Å². The van der Waals surface area contributed by atoms with Crippen LogP contribution in [0.15, 0.2) is 120 Å². The third-order valence-corrected chi connectivity index (χ3v) is 6.99. The number of para-hydroxylation sites is 2. The zero-order chi connectivity index (χ0) is 28.6. The summed E-state index contributed by atoms with van der Waals surface area (Å²) in [6.07, 6.45) is 1.70. The standard InChI is InChI=1S/C32H26N4O4S/c33-30(38)26-16-7-8-17-27(26)34-29(37)21-41-32-35-28(31(39)36(32)24-13-5-2-6-14-24)19-23-12-9-15-25(18-23)40-20-22-10-3-1-4-11-22/h1-19H,20-21H2,(H2,33,38)(H,34,37). The fraction of sp³-hybridized carbons (Fsp3) is 0.0625. The molecule has 0 fully saturated rings. The molecule has 4 aromatic rings. The Balaban J connectivity index is 1.34. The van der Waals surface area contributed by atoms with Gasteiger partial charge in [0.25, 0.3) is 11.8 Å². The Morgan fingerprint density at radius 2 is 1.61 bits per heavy atom. The number of primary amides is 1. The molecule has 0 bridgehead atoms. The minimum Gasteiger partial charge on any atom is -0.489 e. The number of thioether (sulfide) groups is 1. The fourth-order valence-electron chi connectivity index (χ4n) is 4.11. The highest BCUT2D eigenvalue weighted by Gasteiger charge is 2.32. The highest BCUT2D eigenvalue weighted by Crippen LogP contribution is 2.30. The lowest BCUT2D eigenvalue weighted by molar-refractivity contribution is -0.114. The van der Waals surface area contributed by atoms with Crippen LogP contribution in [0.1, 0.15) is 21.5 Å². The molecule has 9 heteroatoms. The van der Waals surface area contributed by atoms with E-state index < -0.39 is 5.91 Å². The summed E-state index contributed by atoms with van der Waals surface area (Å²) in [6.45, 7) is 0.423. The molecular weight excluding hydrogens is 536 g/mol. The van der Waals surface area contributed by atoms with Crippen molar-refractivity contribution >= 4 is 52.1 Å². The lowest BCUT2D eigenvalue weighted by Crippen LogP contribution is -2.31. The highest BCUT2D eigenvalue weighted by atomic mass is 32.2. The van der Waals surface area contributed by atoms with E-state index >= 15 is 0 Å². The predicted octanol–water partition coefficient (Wildman–Crippen LogP) is 5.48. The van der Waals surface area contributed by atoms with Crippen LogP contribution in [0.3, 0.4) is 0 Å². The van der Waals surface area contributed by atoms with E-state index in [2.05, 4.69) is 10.3 Å². The number of nitrogens with one attached hydrogen (secondary N) is 1. The van der Waals surface area contributed by atoms with Crippen molar-refractivity contribution in [3.05, 3.63) is 132 Å². The summed E-state index contributed by atoms with van der Waals surface area (Å²) >= 11 is 1.12. The largest absolute Gasteiger partial charge is 0.489 e. The smallest absolute Gasteiger partial charge is 0.283 e. The van der Waals surface area contributed by atoms with E-state index in [4.69, 9.17) is 10.5 Å². The van der Waals surface area contributed by atoms with Gasteiger partial charge in [-0.2, -0.15) is 0 Å². The van der Waals surface area contributed by atoms with Gasteiger partial charge >= 0.3 is 0 Å². The number of nitrogens with zero attached hydrogens (tertiary/aromatic N) is 2. The summed E-state index contributed by atoms with van der Waals surface area (Å²) in [5.41, 5.74) is 8.62. The monoisotopic (exact) mass is 562 g/mol. The van der Waals surface area contributed by atoms with Gasteiger partial charge in [-0.15, -0.1) is 0 Å². The van der Waals surface area contributed by atoms with Crippen LogP contribution < -0.4 is 20.7 Å². The molecule has 41 heavy (non-hydrogen) atoms. The minimum absolute atomic E-state index is 0.0430. The summed E-state index contributed by atoms with van der Waals surface area (Å²) in [4.78, 5) is 44.1. The Bertz CT molecular complexity index is 1640. The first kappa shape index (κ1) is 27.4. The van der Waals surface area contributed by atoms with Crippen LogP contribution in [-0.4, -0.2) is 28.6 Å². The van der Waals surface area contributed by atoms with Crippen molar-refractivity contribution in [2.45, 2.75) is 6.61 Å². The number of rotatable bonds is 9. The molecule has 5 rings (SSSR count). The van der Waals surface area contributed by atoms with Gasteiger partial charge in [-0.05, 0) is 53.6 Å². The third-order valence-electron chi connectivity index (χ3n) is 6.05. The van der Waals surface area contributed by atoms with Crippen LogP contribution >= 0.6 is 11.8 Å². The van der Waals surface area contributed by atoms with Gasteiger partial charge in [0, 0.05) is 0 Å². The first-order valence-corrected chi connectivity index (χ1v) is 13.7. The number of amidine groups is 1. The first-order chi connectivity index (χ1) is 20.0. The summed E-state index contributed by atoms with van der Waals surface area (Å²) in [5, 5.41) is 3.08. The summed E-state index contributed by atoms with van der Waals surface area (Å²) < 4.78 is 5.93. The molecule has 0 saturated heterocycles. The van der Waals surface area contributed by atoms with E-state index in [9.17, 15) is 14.4 Å². The van der Waals surface area contributed by atoms with Gasteiger partial charge in [0.2, 0.25) is 5.91 Å². The summed E-state index contributed by atoms with van der Waals surface area (Å²) in [6, 6.07) is 32.9. The van der Waals surface area contributed by atoms with Gasteiger partial charge in [-0.25, -0.2) is 4.99 Å². The second kappa shape index (κ2) is 12.8. The van der Waals surface area contributed by atoms with Gasteiger partial charge in [0.15, 0.2) is 5.17 Å². The molecule has 0 aromatic heterocycles. The van der Waals surface area contributed by atoms with Crippen molar-refractivity contribution in [2.24, 2.45) is 10.7 Å². The molecule has 4 aromatic carbocycles. The normalized spacial score (nSPS) is 13.7. The molecule has 8 nitrogen and oxygen atoms in total.